The first-order valence-corrected chi connectivity index (χ1v) is 6.76. The van der Waals surface area contributed by atoms with Crippen molar-refractivity contribution in [2.45, 2.75) is 13.8 Å². The number of Topliss-reactive ketones (excluding diaryl/α,β-unsaturated/α-hetero) is 1. The fourth-order valence-electron chi connectivity index (χ4n) is 2.46. The van der Waals surface area contributed by atoms with Gasteiger partial charge in [0.25, 0.3) is 0 Å². The molecule has 2 rings (SSSR count). The van der Waals surface area contributed by atoms with Crippen molar-refractivity contribution in [3.63, 3.8) is 0 Å². The maximum Gasteiger partial charge on any atom is 0.371 e. The summed E-state index contributed by atoms with van der Waals surface area (Å²) in [7, 11) is 3.85. The molecular weight excluding hydrogens is 270 g/mol. The van der Waals surface area contributed by atoms with Gasteiger partial charge < -0.3 is 14.4 Å². The zero-order valence-electron chi connectivity index (χ0n) is 12.6. The van der Waals surface area contributed by atoms with E-state index in [1.807, 2.05) is 32.8 Å². The molecule has 1 N–H and O–H groups in total. The predicted octanol–water partition coefficient (Wildman–Crippen LogP) is 2.82. The quantitative estimate of drug-likeness (QED) is 0.857. The number of carbonyl (C=O) groups excluding carboxylic acids is 1. The second kappa shape index (κ2) is 5.69. The van der Waals surface area contributed by atoms with Crippen molar-refractivity contribution in [3.8, 4) is 0 Å². The third-order valence-electron chi connectivity index (χ3n) is 3.43. The molecule has 1 unspecified atom stereocenters. The highest BCUT2D eigenvalue weighted by molar-refractivity contribution is 6.03. The minimum absolute atomic E-state index is 0.0566. The Labute approximate surface area is 123 Å². The molecule has 2 aromatic rings. The second-order valence-corrected chi connectivity index (χ2v) is 5.65. The highest BCUT2D eigenvalue weighted by Crippen LogP contribution is 2.25. The first kappa shape index (κ1) is 15.3. The minimum Gasteiger partial charge on any atom is -0.475 e. The molecule has 1 aromatic carbocycles. The topological polar surface area (TPSA) is 70.7 Å². The minimum atomic E-state index is -1.11. The summed E-state index contributed by atoms with van der Waals surface area (Å²) in [4.78, 5) is 25.4. The first-order chi connectivity index (χ1) is 9.79. The monoisotopic (exact) mass is 289 g/mol. The Morgan fingerprint density at radius 1 is 1.29 bits per heavy atom. The van der Waals surface area contributed by atoms with Gasteiger partial charge >= 0.3 is 5.97 Å². The van der Waals surface area contributed by atoms with Crippen LogP contribution in [-0.4, -0.2) is 42.4 Å². The van der Waals surface area contributed by atoms with Gasteiger partial charge in [-0.1, -0.05) is 6.92 Å². The van der Waals surface area contributed by atoms with Gasteiger partial charge in [-0.3, -0.25) is 4.79 Å². The number of ketones is 1. The fraction of sp³-hybridized carbons (Fsp3) is 0.375. The van der Waals surface area contributed by atoms with Crippen LogP contribution in [-0.2, 0) is 0 Å². The lowest BCUT2D eigenvalue weighted by atomic mass is 9.94. The van der Waals surface area contributed by atoms with Crippen molar-refractivity contribution in [2.24, 2.45) is 5.92 Å². The van der Waals surface area contributed by atoms with E-state index in [2.05, 4.69) is 0 Å². The zero-order chi connectivity index (χ0) is 15.7. The van der Waals surface area contributed by atoms with Crippen molar-refractivity contribution >= 4 is 22.7 Å². The van der Waals surface area contributed by atoms with Crippen molar-refractivity contribution < 1.29 is 19.1 Å². The standard InChI is InChI=1S/C16H19NO4/c1-9-5-13-11(7-14(21-13)16(19)20)6-12(9)15(18)10(2)8-17(3)4/h5-7,10H,8H2,1-4H3,(H,19,20). The van der Waals surface area contributed by atoms with Gasteiger partial charge in [-0.15, -0.1) is 0 Å². The molecule has 1 heterocycles. The van der Waals surface area contributed by atoms with Crippen molar-refractivity contribution in [2.75, 3.05) is 20.6 Å². The zero-order valence-corrected chi connectivity index (χ0v) is 12.6. The fourth-order valence-corrected chi connectivity index (χ4v) is 2.46. The summed E-state index contributed by atoms with van der Waals surface area (Å²) in [6.07, 6.45) is 0. The van der Waals surface area contributed by atoms with Crippen molar-refractivity contribution in [3.05, 3.63) is 35.1 Å². The third-order valence-corrected chi connectivity index (χ3v) is 3.43. The molecule has 0 aliphatic carbocycles. The van der Waals surface area contributed by atoms with Crippen LogP contribution >= 0.6 is 0 Å². The van der Waals surface area contributed by atoms with Crippen LogP contribution in [0.3, 0.4) is 0 Å². The summed E-state index contributed by atoms with van der Waals surface area (Å²) in [6, 6.07) is 4.89. The van der Waals surface area contributed by atoms with E-state index >= 15 is 0 Å². The van der Waals surface area contributed by atoms with Gasteiger partial charge in [0.2, 0.25) is 5.76 Å². The van der Waals surface area contributed by atoms with Crippen LogP contribution in [0.2, 0.25) is 0 Å². The Kier molecular flexibility index (Phi) is 4.14. The molecule has 1 aromatic heterocycles. The van der Waals surface area contributed by atoms with Gasteiger partial charge in [0.05, 0.1) is 0 Å². The second-order valence-electron chi connectivity index (χ2n) is 5.65. The van der Waals surface area contributed by atoms with Crippen LogP contribution in [0.15, 0.2) is 22.6 Å². The lowest BCUT2D eigenvalue weighted by Gasteiger charge is -2.16. The number of aryl methyl sites for hydroxylation is 1. The van der Waals surface area contributed by atoms with Gasteiger partial charge in [-0.05, 0) is 44.8 Å². The molecule has 5 heteroatoms. The number of rotatable bonds is 5. The molecule has 0 aliphatic heterocycles. The van der Waals surface area contributed by atoms with Gasteiger partial charge in [0.15, 0.2) is 5.78 Å². The SMILES string of the molecule is Cc1cc2oc(C(=O)O)cc2cc1C(=O)C(C)CN(C)C. The summed E-state index contributed by atoms with van der Waals surface area (Å²) in [5, 5.41) is 9.59. The number of carbonyl (C=O) groups is 2. The lowest BCUT2D eigenvalue weighted by Crippen LogP contribution is -2.26. The number of carboxylic acids is 1. The Hall–Kier alpha value is -2.14. The number of benzene rings is 1. The van der Waals surface area contributed by atoms with Crippen LogP contribution in [0.1, 0.15) is 33.4 Å². The smallest absolute Gasteiger partial charge is 0.371 e. The van der Waals surface area contributed by atoms with E-state index in [1.165, 1.54) is 6.07 Å². The van der Waals surface area contributed by atoms with E-state index in [0.717, 1.165) is 5.56 Å². The molecule has 0 radical (unpaired) electrons. The van der Waals surface area contributed by atoms with Crippen LogP contribution in [0.5, 0.6) is 0 Å². The summed E-state index contributed by atoms with van der Waals surface area (Å²) in [6.45, 7) is 4.39. The molecule has 5 nitrogen and oxygen atoms in total. The number of furan rings is 1. The Morgan fingerprint density at radius 2 is 1.95 bits per heavy atom. The van der Waals surface area contributed by atoms with E-state index in [4.69, 9.17) is 9.52 Å². The molecule has 21 heavy (non-hydrogen) atoms. The number of carboxylic acid groups (broad SMARTS) is 1. The molecule has 0 amide bonds. The van der Waals surface area contributed by atoms with Gasteiger partial charge in [-0.2, -0.15) is 0 Å². The number of fused-ring (bicyclic) bond motifs is 1. The normalized spacial score (nSPS) is 12.8. The summed E-state index contributed by atoms with van der Waals surface area (Å²) in [5.74, 6) is -1.30. The van der Waals surface area contributed by atoms with Gasteiger partial charge in [-0.25, -0.2) is 4.79 Å². The van der Waals surface area contributed by atoms with E-state index in [0.29, 0.717) is 23.1 Å². The largest absolute Gasteiger partial charge is 0.475 e. The molecule has 0 saturated heterocycles. The number of hydrogen-bond donors (Lipinski definition) is 1. The summed E-state index contributed by atoms with van der Waals surface area (Å²) < 4.78 is 5.25. The van der Waals surface area contributed by atoms with E-state index in [1.54, 1.807) is 12.1 Å². The van der Waals surface area contributed by atoms with Crippen molar-refractivity contribution in [1.82, 2.24) is 4.90 Å². The maximum absolute atomic E-state index is 12.5. The number of hydrogen-bond acceptors (Lipinski definition) is 4. The van der Waals surface area contributed by atoms with Crippen molar-refractivity contribution in [1.29, 1.82) is 0 Å². The first-order valence-electron chi connectivity index (χ1n) is 6.76. The van der Waals surface area contributed by atoms with E-state index < -0.39 is 5.97 Å². The maximum atomic E-state index is 12.5. The van der Waals surface area contributed by atoms with Crippen LogP contribution in [0.4, 0.5) is 0 Å². The molecule has 0 aliphatic rings. The average molecular weight is 289 g/mol. The lowest BCUT2D eigenvalue weighted by molar-refractivity contribution is 0.0664. The third kappa shape index (κ3) is 3.13. The highest BCUT2D eigenvalue weighted by atomic mass is 16.4. The van der Waals surface area contributed by atoms with Gasteiger partial charge in [0, 0.05) is 23.4 Å². The van der Waals surface area contributed by atoms with Crippen LogP contribution in [0.25, 0.3) is 11.0 Å². The molecule has 0 bridgehead atoms. The predicted molar refractivity (Wildman–Crippen MR) is 80.0 cm³/mol. The van der Waals surface area contributed by atoms with Crippen LogP contribution < -0.4 is 0 Å². The summed E-state index contributed by atoms with van der Waals surface area (Å²) >= 11 is 0. The molecule has 0 fully saturated rings. The molecule has 0 saturated carbocycles. The number of nitrogens with zero attached hydrogens (tertiary/aromatic N) is 1. The molecule has 0 spiro atoms. The van der Waals surface area contributed by atoms with Crippen LogP contribution in [0, 0.1) is 12.8 Å². The molecule has 112 valence electrons. The molecular formula is C16H19NO4. The van der Waals surface area contributed by atoms with Gasteiger partial charge in [0.1, 0.15) is 5.58 Å². The Bertz CT molecular complexity index is 700. The average Bonchev–Trinajstić information content (AvgIpc) is 2.79. The highest BCUT2D eigenvalue weighted by Gasteiger charge is 2.20. The van der Waals surface area contributed by atoms with E-state index in [-0.39, 0.29) is 17.5 Å². The molecule has 1 atom stereocenters. The number of aromatic carboxylic acids is 1. The Balaban J connectivity index is 2.42. The Morgan fingerprint density at radius 3 is 2.52 bits per heavy atom. The summed E-state index contributed by atoms with van der Waals surface area (Å²) in [5.41, 5.74) is 1.90. The van der Waals surface area contributed by atoms with E-state index in [9.17, 15) is 9.59 Å².